The molecule has 0 spiro atoms. The lowest BCUT2D eigenvalue weighted by Gasteiger charge is -2.22. The number of carbonyl (C=O) groups excluding carboxylic acids is 2. The molecular weight excluding hydrogens is 382 g/mol. The predicted octanol–water partition coefficient (Wildman–Crippen LogP) is 5.06. The van der Waals surface area contributed by atoms with Gasteiger partial charge >= 0.3 is 0 Å². The van der Waals surface area contributed by atoms with Gasteiger partial charge in [-0.1, -0.05) is 30.7 Å². The number of hydrogen-bond acceptors (Lipinski definition) is 4. The molecule has 0 saturated carbocycles. The molecule has 1 N–H and O–H groups in total. The SMILES string of the molecule is CCC(=O)N1c2ccc(-c3csc(NC(=O)c4ccc(C)cc4)n3)cc2C[C@H]1C. The lowest BCUT2D eigenvalue weighted by molar-refractivity contribution is -0.118. The van der Waals surface area contributed by atoms with Gasteiger partial charge in [0.2, 0.25) is 5.91 Å². The zero-order valence-corrected chi connectivity index (χ0v) is 17.5. The summed E-state index contributed by atoms with van der Waals surface area (Å²) in [6, 6.07) is 13.7. The third-order valence-corrected chi connectivity index (χ3v) is 5.96. The third kappa shape index (κ3) is 3.80. The van der Waals surface area contributed by atoms with Crippen molar-refractivity contribution in [3.63, 3.8) is 0 Å². The monoisotopic (exact) mass is 405 g/mol. The fourth-order valence-electron chi connectivity index (χ4n) is 3.68. The zero-order chi connectivity index (χ0) is 20.5. The largest absolute Gasteiger partial charge is 0.309 e. The average molecular weight is 406 g/mol. The molecule has 6 heteroatoms. The summed E-state index contributed by atoms with van der Waals surface area (Å²) in [6.45, 7) is 5.96. The van der Waals surface area contributed by atoms with Gasteiger partial charge in [-0.15, -0.1) is 11.3 Å². The van der Waals surface area contributed by atoms with Gasteiger partial charge in [-0.05, 0) is 50.1 Å². The lowest BCUT2D eigenvalue weighted by atomic mass is 10.1. The maximum absolute atomic E-state index is 12.4. The third-order valence-electron chi connectivity index (χ3n) is 5.20. The van der Waals surface area contributed by atoms with Crippen LogP contribution in [0.25, 0.3) is 11.3 Å². The van der Waals surface area contributed by atoms with E-state index >= 15 is 0 Å². The topological polar surface area (TPSA) is 62.3 Å². The number of hydrogen-bond donors (Lipinski definition) is 1. The van der Waals surface area contributed by atoms with Crippen molar-refractivity contribution in [1.29, 1.82) is 0 Å². The number of aryl methyl sites for hydroxylation is 1. The normalized spacial score (nSPS) is 15.3. The van der Waals surface area contributed by atoms with Crippen LogP contribution in [0.2, 0.25) is 0 Å². The minimum atomic E-state index is -0.164. The minimum Gasteiger partial charge on any atom is -0.309 e. The molecule has 1 aliphatic rings. The van der Waals surface area contributed by atoms with E-state index in [2.05, 4.69) is 23.3 Å². The van der Waals surface area contributed by atoms with Gasteiger partial charge in [-0.25, -0.2) is 4.98 Å². The van der Waals surface area contributed by atoms with Crippen LogP contribution in [0.4, 0.5) is 10.8 Å². The smallest absolute Gasteiger partial charge is 0.257 e. The molecule has 0 fully saturated rings. The Balaban J connectivity index is 1.53. The summed E-state index contributed by atoms with van der Waals surface area (Å²) in [5, 5.41) is 5.39. The molecule has 5 nitrogen and oxygen atoms in total. The van der Waals surface area contributed by atoms with Crippen LogP contribution in [0.15, 0.2) is 47.8 Å². The number of rotatable bonds is 4. The van der Waals surface area contributed by atoms with E-state index in [1.807, 2.05) is 60.5 Å². The second-order valence-corrected chi connectivity index (χ2v) is 8.23. The fourth-order valence-corrected chi connectivity index (χ4v) is 4.39. The molecule has 0 unspecified atom stereocenters. The van der Waals surface area contributed by atoms with E-state index in [0.717, 1.165) is 34.5 Å². The van der Waals surface area contributed by atoms with E-state index in [4.69, 9.17) is 0 Å². The molecule has 4 rings (SSSR count). The molecule has 1 atom stereocenters. The van der Waals surface area contributed by atoms with E-state index in [1.54, 1.807) is 0 Å². The Morgan fingerprint density at radius 1 is 1.21 bits per heavy atom. The van der Waals surface area contributed by atoms with Crippen LogP contribution < -0.4 is 10.2 Å². The summed E-state index contributed by atoms with van der Waals surface area (Å²) < 4.78 is 0. The van der Waals surface area contributed by atoms with Gasteiger partial charge in [0.15, 0.2) is 5.13 Å². The number of amides is 2. The van der Waals surface area contributed by atoms with Gasteiger partial charge < -0.3 is 4.90 Å². The van der Waals surface area contributed by atoms with Crippen molar-refractivity contribution in [2.45, 2.75) is 39.7 Å². The highest BCUT2D eigenvalue weighted by atomic mass is 32.1. The average Bonchev–Trinajstić information content (AvgIpc) is 3.30. The van der Waals surface area contributed by atoms with Crippen LogP contribution in [0.1, 0.15) is 41.8 Å². The van der Waals surface area contributed by atoms with Crippen molar-refractivity contribution in [2.75, 3.05) is 10.2 Å². The van der Waals surface area contributed by atoms with Crippen LogP contribution in [0.3, 0.4) is 0 Å². The maximum atomic E-state index is 12.4. The highest BCUT2D eigenvalue weighted by molar-refractivity contribution is 7.14. The first-order chi connectivity index (χ1) is 14.0. The van der Waals surface area contributed by atoms with Gasteiger partial charge in [0.1, 0.15) is 0 Å². The molecule has 0 aliphatic carbocycles. The van der Waals surface area contributed by atoms with Crippen LogP contribution in [0, 0.1) is 6.92 Å². The quantitative estimate of drug-likeness (QED) is 0.660. The van der Waals surface area contributed by atoms with Gasteiger partial charge in [-0.3, -0.25) is 14.9 Å². The summed E-state index contributed by atoms with van der Waals surface area (Å²) in [7, 11) is 0. The number of thiazole rings is 1. The maximum Gasteiger partial charge on any atom is 0.257 e. The molecule has 29 heavy (non-hydrogen) atoms. The van der Waals surface area contributed by atoms with Gasteiger partial charge in [0.25, 0.3) is 5.91 Å². The molecule has 1 aliphatic heterocycles. The number of carbonyl (C=O) groups is 2. The highest BCUT2D eigenvalue weighted by Crippen LogP contribution is 2.36. The van der Waals surface area contributed by atoms with Crippen molar-refractivity contribution in [1.82, 2.24) is 4.98 Å². The van der Waals surface area contributed by atoms with E-state index < -0.39 is 0 Å². The number of nitrogens with one attached hydrogen (secondary N) is 1. The molecule has 0 radical (unpaired) electrons. The first kappa shape index (κ1) is 19.3. The minimum absolute atomic E-state index is 0.152. The predicted molar refractivity (Wildman–Crippen MR) is 118 cm³/mol. The molecular formula is C23H23N3O2S. The van der Waals surface area contributed by atoms with Crippen molar-refractivity contribution in [3.8, 4) is 11.3 Å². The molecule has 2 amide bonds. The summed E-state index contributed by atoms with van der Waals surface area (Å²) >= 11 is 1.41. The molecule has 0 saturated heterocycles. The number of benzene rings is 2. The first-order valence-electron chi connectivity index (χ1n) is 9.75. The van der Waals surface area contributed by atoms with E-state index in [1.165, 1.54) is 11.3 Å². The summed E-state index contributed by atoms with van der Waals surface area (Å²) in [6.07, 6.45) is 1.34. The van der Waals surface area contributed by atoms with Crippen molar-refractivity contribution in [3.05, 3.63) is 64.5 Å². The zero-order valence-electron chi connectivity index (χ0n) is 16.7. The van der Waals surface area contributed by atoms with Gasteiger partial charge in [-0.2, -0.15) is 0 Å². The number of nitrogens with zero attached hydrogens (tertiary/aromatic N) is 2. The Morgan fingerprint density at radius 2 is 1.97 bits per heavy atom. The van der Waals surface area contributed by atoms with Crippen molar-refractivity contribution >= 4 is 34.0 Å². The van der Waals surface area contributed by atoms with E-state index in [-0.39, 0.29) is 17.9 Å². The van der Waals surface area contributed by atoms with Crippen molar-refractivity contribution < 1.29 is 9.59 Å². The molecule has 2 aromatic carbocycles. The lowest BCUT2D eigenvalue weighted by Crippen LogP contribution is -2.35. The second kappa shape index (κ2) is 7.79. The van der Waals surface area contributed by atoms with Crippen LogP contribution >= 0.6 is 11.3 Å². The number of aromatic nitrogens is 1. The van der Waals surface area contributed by atoms with Gasteiger partial charge in [0.05, 0.1) is 5.69 Å². The van der Waals surface area contributed by atoms with Crippen LogP contribution in [-0.2, 0) is 11.2 Å². The summed E-state index contributed by atoms with van der Waals surface area (Å²) in [5.74, 6) is -0.0128. The Hall–Kier alpha value is -2.99. The fraction of sp³-hybridized carbons (Fsp3) is 0.261. The Bertz CT molecular complexity index is 1070. The Labute approximate surface area is 174 Å². The molecule has 1 aromatic heterocycles. The summed E-state index contributed by atoms with van der Waals surface area (Å²) in [4.78, 5) is 31.1. The van der Waals surface area contributed by atoms with Crippen molar-refractivity contribution in [2.24, 2.45) is 0 Å². The summed E-state index contributed by atoms with van der Waals surface area (Å²) in [5.41, 5.74) is 5.70. The Kier molecular flexibility index (Phi) is 5.20. The molecule has 3 aromatic rings. The Morgan fingerprint density at radius 3 is 2.69 bits per heavy atom. The standard InChI is InChI=1S/C23H23N3O2S/c1-4-21(27)26-15(3)11-18-12-17(9-10-20(18)26)19-13-29-23(24-19)25-22(28)16-7-5-14(2)6-8-16/h5-10,12-13,15H,4,11H2,1-3H3,(H,24,25,28)/t15-/m1/s1. The molecule has 0 bridgehead atoms. The molecule has 148 valence electrons. The van der Waals surface area contributed by atoms with E-state index in [9.17, 15) is 9.59 Å². The van der Waals surface area contributed by atoms with Crippen LogP contribution in [-0.4, -0.2) is 22.8 Å². The highest BCUT2D eigenvalue weighted by Gasteiger charge is 2.30. The van der Waals surface area contributed by atoms with Gasteiger partial charge in [0, 0.05) is 34.7 Å². The first-order valence-corrected chi connectivity index (χ1v) is 10.6. The number of fused-ring (bicyclic) bond motifs is 1. The van der Waals surface area contributed by atoms with Crippen LogP contribution in [0.5, 0.6) is 0 Å². The molecule has 2 heterocycles. The number of anilines is 2. The second-order valence-electron chi connectivity index (χ2n) is 7.37. The van der Waals surface area contributed by atoms with E-state index in [0.29, 0.717) is 17.1 Å².